The van der Waals surface area contributed by atoms with Crippen molar-refractivity contribution >= 4 is 17.4 Å². The smallest absolute Gasteiger partial charge is 0.256 e. The molecule has 0 amide bonds. The summed E-state index contributed by atoms with van der Waals surface area (Å²) in [5, 5.41) is 4.44. The van der Waals surface area contributed by atoms with E-state index in [9.17, 15) is 0 Å². The van der Waals surface area contributed by atoms with Crippen molar-refractivity contribution in [1.29, 1.82) is 0 Å². The van der Waals surface area contributed by atoms with Crippen LogP contribution in [-0.2, 0) is 0 Å². The van der Waals surface area contributed by atoms with Gasteiger partial charge in [-0.05, 0) is 30.0 Å². The molecule has 0 spiro atoms. The largest absolute Gasteiger partial charge is 0.438 e. The maximum absolute atomic E-state index is 6.04. The summed E-state index contributed by atoms with van der Waals surface area (Å²) in [4.78, 5) is 8.12. The first-order valence-corrected chi connectivity index (χ1v) is 7.07. The van der Waals surface area contributed by atoms with E-state index in [-0.39, 0.29) is 0 Å². The number of aryl methyl sites for hydroxylation is 1. The van der Waals surface area contributed by atoms with E-state index in [2.05, 4.69) is 41.0 Å². The summed E-state index contributed by atoms with van der Waals surface area (Å²) in [5.74, 6) is 2.06. The fourth-order valence-electron chi connectivity index (χ4n) is 2.15. The van der Waals surface area contributed by atoms with E-state index in [1.807, 2.05) is 13.0 Å². The minimum absolute atomic E-state index is 0.323. The third-order valence-corrected chi connectivity index (χ3v) is 3.39. The molecule has 0 radical (unpaired) electrons. The lowest BCUT2D eigenvalue weighted by molar-refractivity contribution is 0.438. The lowest BCUT2D eigenvalue weighted by atomic mass is 10.0. The van der Waals surface area contributed by atoms with Crippen molar-refractivity contribution in [3.05, 3.63) is 46.9 Å². The Bertz CT molecular complexity index is 797. The SMILES string of the molecule is Cc1ccc(C(C)C)c(Oc2cc(Cl)nc3ncnn23)c1. The lowest BCUT2D eigenvalue weighted by Gasteiger charge is -2.14. The minimum atomic E-state index is 0.323. The third-order valence-electron chi connectivity index (χ3n) is 3.19. The Morgan fingerprint density at radius 3 is 2.81 bits per heavy atom. The van der Waals surface area contributed by atoms with Crippen molar-refractivity contribution in [2.75, 3.05) is 0 Å². The average molecular weight is 303 g/mol. The normalized spacial score (nSPS) is 11.3. The van der Waals surface area contributed by atoms with Gasteiger partial charge in [0.1, 0.15) is 17.2 Å². The van der Waals surface area contributed by atoms with Crippen molar-refractivity contribution in [3.8, 4) is 11.6 Å². The monoisotopic (exact) mass is 302 g/mol. The number of rotatable bonds is 3. The predicted octanol–water partition coefficient (Wildman–Crippen LogP) is 4.00. The molecule has 3 aromatic rings. The van der Waals surface area contributed by atoms with Crippen LogP contribution in [0.4, 0.5) is 0 Å². The molecule has 0 aliphatic rings. The van der Waals surface area contributed by atoms with Crippen LogP contribution in [0.5, 0.6) is 11.6 Å². The Kier molecular flexibility index (Phi) is 3.51. The van der Waals surface area contributed by atoms with E-state index < -0.39 is 0 Å². The molecule has 0 N–H and O–H groups in total. The molecule has 0 aliphatic heterocycles. The average Bonchev–Trinajstić information content (AvgIpc) is 2.86. The summed E-state index contributed by atoms with van der Waals surface area (Å²) >= 11 is 6.01. The molecule has 108 valence electrons. The fourth-order valence-corrected chi connectivity index (χ4v) is 2.32. The molecule has 3 rings (SSSR count). The zero-order valence-corrected chi connectivity index (χ0v) is 12.8. The molecule has 0 unspecified atom stereocenters. The van der Waals surface area contributed by atoms with Gasteiger partial charge in [0.15, 0.2) is 0 Å². The number of ether oxygens (including phenoxy) is 1. The molecule has 21 heavy (non-hydrogen) atoms. The Balaban J connectivity index is 2.10. The molecule has 0 bridgehead atoms. The molecular formula is C15H15ClN4O. The van der Waals surface area contributed by atoms with E-state index in [4.69, 9.17) is 16.3 Å². The molecule has 6 heteroatoms. The van der Waals surface area contributed by atoms with Crippen molar-refractivity contribution in [2.45, 2.75) is 26.7 Å². The standard InChI is InChI=1S/C15H15ClN4O/c1-9(2)11-5-4-10(3)6-12(11)21-14-7-13(16)19-15-17-8-18-20(14)15/h4-9H,1-3H3. The number of nitrogens with zero attached hydrogens (tertiary/aromatic N) is 4. The highest BCUT2D eigenvalue weighted by Gasteiger charge is 2.13. The van der Waals surface area contributed by atoms with Crippen LogP contribution < -0.4 is 4.74 Å². The molecule has 1 aromatic carbocycles. The summed E-state index contributed by atoms with van der Waals surface area (Å²) in [6.07, 6.45) is 1.42. The topological polar surface area (TPSA) is 52.3 Å². The van der Waals surface area contributed by atoms with Crippen LogP contribution in [0.2, 0.25) is 5.15 Å². The van der Waals surface area contributed by atoms with E-state index in [1.165, 1.54) is 10.8 Å². The molecule has 0 fully saturated rings. The highest BCUT2D eigenvalue weighted by atomic mass is 35.5. The van der Waals surface area contributed by atoms with Crippen LogP contribution in [0.25, 0.3) is 5.78 Å². The number of hydrogen-bond acceptors (Lipinski definition) is 4. The Labute approximate surface area is 127 Å². The molecule has 0 atom stereocenters. The predicted molar refractivity (Wildman–Crippen MR) is 81.1 cm³/mol. The quantitative estimate of drug-likeness (QED) is 0.686. The summed E-state index contributed by atoms with van der Waals surface area (Å²) in [7, 11) is 0. The molecule has 0 saturated heterocycles. The summed E-state index contributed by atoms with van der Waals surface area (Å²) in [6, 6.07) is 7.80. The van der Waals surface area contributed by atoms with Gasteiger partial charge in [0.05, 0.1) is 0 Å². The molecular weight excluding hydrogens is 288 g/mol. The number of halogens is 1. The van der Waals surface area contributed by atoms with Gasteiger partial charge in [-0.25, -0.2) is 0 Å². The number of hydrogen-bond donors (Lipinski definition) is 0. The highest BCUT2D eigenvalue weighted by molar-refractivity contribution is 6.29. The lowest BCUT2D eigenvalue weighted by Crippen LogP contribution is -2.01. The van der Waals surface area contributed by atoms with Gasteiger partial charge in [-0.1, -0.05) is 37.6 Å². The van der Waals surface area contributed by atoms with Crippen LogP contribution in [0.15, 0.2) is 30.6 Å². The Hall–Kier alpha value is -2.14. The zero-order chi connectivity index (χ0) is 15.0. The second kappa shape index (κ2) is 5.33. The molecule has 5 nitrogen and oxygen atoms in total. The molecule has 2 aromatic heterocycles. The van der Waals surface area contributed by atoms with Crippen LogP contribution in [0.3, 0.4) is 0 Å². The van der Waals surface area contributed by atoms with Gasteiger partial charge in [0.2, 0.25) is 5.88 Å². The maximum Gasteiger partial charge on any atom is 0.256 e. The number of aromatic nitrogens is 4. The number of fused-ring (bicyclic) bond motifs is 1. The maximum atomic E-state index is 6.04. The van der Waals surface area contributed by atoms with E-state index >= 15 is 0 Å². The first-order valence-electron chi connectivity index (χ1n) is 6.69. The molecule has 0 aliphatic carbocycles. The summed E-state index contributed by atoms with van der Waals surface area (Å²) in [6.45, 7) is 6.28. The van der Waals surface area contributed by atoms with Crippen molar-refractivity contribution in [3.63, 3.8) is 0 Å². The van der Waals surface area contributed by atoms with Gasteiger partial charge in [-0.3, -0.25) is 0 Å². The van der Waals surface area contributed by atoms with E-state index in [0.29, 0.717) is 22.7 Å². The van der Waals surface area contributed by atoms with Gasteiger partial charge in [-0.15, -0.1) is 0 Å². The fraction of sp³-hybridized carbons (Fsp3) is 0.267. The van der Waals surface area contributed by atoms with Gasteiger partial charge >= 0.3 is 0 Å². The van der Waals surface area contributed by atoms with E-state index in [1.54, 1.807) is 6.07 Å². The molecule has 2 heterocycles. The van der Waals surface area contributed by atoms with Gasteiger partial charge in [0.25, 0.3) is 5.78 Å². The zero-order valence-electron chi connectivity index (χ0n) is 12.0. The highest BCUT2D eigenvalue weighted by Crippen LogP contribution is 2.32. The second-order valence-corrected chi connectivity index (χ2v) is 5.57. The summed E-state index contributed by atoms with van der Waals surface area (Å²) in [5.41, 5.74) is 2.26. The first-order chi connectivity index (χ1) is 10.0. The minimum Gasteiger partial charge on any atom is -0.438 e. The van der Waals surface area contributed by atoms with Crippen molar-refractivity contribution in [2.24, 2.45) is 0 Å². The van der Waals surface area contributed by atoms with E-state index in [0.717, 1.165) is 16.9 Å². The summed E-state index contributed by atoms with van der Waals surface area (Å²) < 4.78 is 7.57. The molecule has 0 saturated carbocycles. The Morgan fingerprint density at radius 2 is 2.05 bits per heavy atom. The van der Waals surface area contributed by atoms with Crippen LogP contribution in [-0.4, -0.2) is 19.6 Å². The number of benzene rings is 1. The van der Waals surface area contributed by atoms with Crippen LogP contribution in [0.1, 0.15) is 30.9 Å². The van der Waals surface area contributed by atoms with Crippen molar-refractivity contribution < 1.29 is 4.74 Å². The third kappa shape index (κ3) is 2.69. The first kappa shape index (κ1) is 13.8. The Morgan fingerprint density at radius 1 is 1.24 bits per heavy atom. The van der Waals surface area contributed by atoms with Gasteiger partial charge < -0.3 is 4.74 Å². The van der Waals surface area contributed by atoms with Crippen LogP contribution in [0, 0.1) is 6.92 Å². The van der Waals surface area contributed by atoms with Gasteiger partial charge in [-0.2, -0.15) is 19.6 Å². The van der Waals surface area contributed by atoms with Crippen molar-refractivity contribution in [1.82, 2.24) is 19.6 Å². The van der Waals surface area contributed by atoms with Gasteiger partial charge in [0, 0.05) is 6.07 Å². The second-order valence-electron chi connectivity index (χ2n) is 5.19. The van der Waals surface area contributed by atoms with Crippen LogP contribution >= 0.6 is 11.6 Å².